The number of hydrogen-bond acceptors (Lipinski definition) is 17. The average molecular weight is 1050 g/mol. The van der Waals surface area contributed by atoms with Crippen LogP contribution in [0, 0.1) is 12.8 Å². The van der Waals surface area contributed by atoms with E-state index in [2.05, 4.69) is 30.0 Å². The second kappa shape index (κ2) is 22.7. The highest BCUT2D eigenvalue weighted by Gasteiger charge is 2.58. The standard InChI is InChI=1S/C49H60N8O14S2/c1-29-36(52-44(72-29)54-45(61)68-47(2,3)4)37(41(58)53-39-42(59)57(49(39,8)9)71-73(63,64)65)55-70-35(43(60)67-38(31-16-12-10-13-17-31)32-18-14-11-15-19-32)28-66-34-22-20-30(21-23-34)26-51-40(50)33-24-25-56(27-33)46(62)69-48(5,6)7/h10-23,33,35,38-39H,24-28H2,1-9H3,(H2,50,51)(H,53,58)(H,52,54,61)(H,63,64,65)/b55-37-/t33-,35-,39+/m0/s1. The van der Waals surface area contributed by atoms with Crippen LogP contribution in [0.15, 0.2) is 95.1 Å². The van der Waals surface area contributed by atoms with Crippen LogP contribution in [-0.2, 0) is 54.7 Å². The van der Waals surface area contributed by atoms with Crippen molar-refractivity contribution in [2.24, 2.45) is 21.8 Å². The molecule has 0 saturated carbocycles. The highest BCUT2D eigenvalue weighted by molar-refractivity contribution is 7.80. The molecule has 0 unspecified atom stereocenters. The Balaban J connectivity index is 1.27. The molecule has 22 nitrogen and oxygen atoms in total. The maximum atomic E-state index is 14.4. The molecule has 3 aromatic carbocycles. The molecule has 0 spiro atoms. The van der Waals surface area contributed by atoms with E-state index >= 15 is 0 Å². The molecular weight excluding hydrogens is 989 g/mol. The lowest BCUT2D eigenvalue weighted by atomic mass is 9.84. The maximum absolute atomic E-state index is 14.4. The number of hydrogen-bond donors (Lipinski definition) is 4. The molecule has 4 amide bonds. The topological polar surface area (TPSA) is 289 Å². The molecule has 392 valence electrons. The highest BCUT2D eigenvalue weighted by Crippen LogP contribution is 2.34. The molecule has 4 aromatic rings. The molecule has 5 N–H and O–H groups in total. The Morgan fingerprint density at radius 1 is 0.932 bits per heavy atom. The first-order valence-corrected chi connectivity index (χ1v) is 25.2. The molecule has 0 bridgehead atoms. The molecule has 73 heavy (non-hydrogen) atoms. The van der Waals surface area contributed by atoms with Crippen LogP contribution in [0.25, 0.3) is 0 Å². The van der Waals surface area contributed by atoms with Crippen LogP contribution in [0.3, 0.4) is 0 Å². The van der Waals surface area contributed by atoms with Gasteiger partial charge in [0, 0.05) is 23.9 Å². The molecular formula is C49H60N8O14S2. The third-order valence-corrected chi connectivity index (χ3v) is 12.2. The van der Waals surface area contributed by atoms with E-state index in [-0.39, 0.29) is 23.3 Å². The number of aliphatic imine (C=N–C) groups is 1. The smallest absolute Gasteiger partial charge is 0.418 e. The lowest BCUT2D eigenvalue weighted by Gasteiger charge is -2.50. The quantitative estimate of drug-likeness (QED) is 0.0163. The van der Waals surface area contributed by atoms with Crippen LogP contribution in [0.1, 0.15) is 95.2 Å². The zero-order chi connectivity index (χ0) is 53.5. The number of likely N-dealkylation sites (tertiary alicyclic amines) is 1. The van der Waals surface area contributed by atoms with E-state index in [0.717, 1.165) is 16.9 Å². The van der Waals surface area contributed by atoms with Gasteiger partial charge in [0.25, 0.3) is 17.9 Å². The first-order valence-electron chi connectivity index (χ1n) is 23.0. The number of β-lactam (4-membered cyclic amide) rings is 1. The number of ether oxygens (including phenoxy) is 4. The van der Waals surface area contributed by atoms with Gasteiger partial charge in [0.1, 0.15) is 35.3 Å². The second-order valence-electron chi connectivity index (χ2n) is 19.5. The fourth-order valence-electron chi connectivity index (χ4n) is 7.37. The molecule has 3 atom stereocenters. The van der Waals surface area contributed by atoms with Gasteiger partial charge >= 0.3 is 28.6 Å². The van der Waals surface area contributed by atoms with Crippen molar-refractivity contribution in [3.8, 4) is 5.75 Å². The van der Waals surface area contributed by atoms with Gasteiger partial charge in [-0.05, 0) is 97.6 Å². The lowest BCUT2D eigenvalue weighted by Crippen LogP contribution is -2.76. The first kappa shape index (κ1) is 55.2. The molecule has 24 heteroatoms. The Bertz CT molecular complexity index is 2770. The number of anilines is 1. The third kappa shape index (κ3) is 15.2. The third-order valence-electron chi connectivity index (χ3n) is 11.0. The van der Waals surface area contributed by atoms with E-state index in [9.17, 15) is 36.9 Å². The summed E-state index contributed by atoms with van der Waals surface area (Å²) < 4.78 is 59.8. The summed E-state index contributed by atoms with van der Waals surface area (Å²) in [6, 6.07) is 23.2. The summed E-state index contributed by atoms with van der Waals surface area (Å²) >= 11 is 0.948. The molecule has 6 rings (SSSR count). The van der Waals surface area contributed by atoms with E-state index in [0.29, 0.717) is 52.2 Å². The number of carbonyl (C=O) groups is 5. The fraction of sp³-hybridized carbons (Fsp3) is 0.429. The maximum Gasteiger partial charge on any atom is 0.418 e. The molecule has 3 heterocycles. The zero-order valence-corrected chi connectivity index (χ0v) is 43.4. The van der Waals surface area contributed by atoms with Crippen molar-refractivity contribution in [3.63, 3.8) is 0 Å². The van der Waals surface area contributed by atoms with Crippen LogP contribution >= 0.6 is 11.3 Å². The molecule has 2 aliphatic rings. The van der Waals surface area contributed by atoms with Crippen molar-refractivity contribution < 1.29 is 65.0 Å². The van der Waals surface area contributed by atoms with Gasteiger partial charge in [0.05, 0.1) is 17.9 Å². The number of oxime groups is 1. The summed E-state index contributed by atoms with van der Waals surface area (Å²) in [5, 5.41) is 9.52. The van der Waals surface area contributed by atoms with Crippen LogP contribution in [0.5, 0.6) is 5.75 Å². The number of hydroxylamine groups is 2. The monoisotopic (exact) mass is 1050 g/mol. The second-order valence-corrected chi connectivity index (χ2v) is 21.7. The number of aryl methyl sites for hydroxylation is 1. The number of amidine groups is 1. The summed E-state index contributed by atoms with van der Waals surface area (Å²) in [4.78, 5) is 84.0. The minimum Gasteiger partial charge on any atom is -0.489 e. The Morgan fingerprint density at radius 2 is 1.53 bits per heavy atom. The normalized spacial score (nSPS) is 17.6. The first-order chi connectivity index (χ1) is 34.2. The summed E-state index contributed by atoms with van der Waals surface area (Å²) in [5.74, 6) is -2.51. The van der Waals surface area contributed by atoms with Crippen LogP contribution in [0.4, 0.5) is 14.7 Å². The number of benzene rings is 3. The van der Waals surface area contributed by atoms with E-state index in [1.165, 1.54) is 13.8 Å². The van der Waals surface area contributed by atoms with Crippen molar-refractivity contribution >= 4 is 68.4 Å². The van der Waals surface area contributed by atoms with E-state index in [1.54, 1.807) is 126 Å². The Morgan fingerprint density at radius 3 is 2.10 bits per heavy atom. The van der Waals surface area contributed by atoms with Crippen molar-refractivity contribution in [1.29, 1.82) is 0 Å². The van der Waals surface area contributed by atoms with Gasteiger partial charge in [-0.3, -0.25) is 24.5 Å². The van der Waals surface area contributed by atoms with Crippen molar-refractivity contribution in [1.82, 2.24) is 20.3 Å². The minimum absolute atomic E-state index is 0.0110. The number of thiazole rings is 1. The number of esters is 1. The Kier molecular flexibility index (Phi) is 17.2. The molecule has 2 saturated heterocycles. The Labute approximate surface area is 427 Å². The molecule has 1 aromatic heterocycles. The van der Waals surface area contributed by atoms with Gasteiger partial charge in [-0.1, -0.05) is 78.0 Å². The number of nitrogens with zero attached hydrogens (tertiary/aromatic N) is 5. The average Bonchev–Trinajstić information content (AvgIpc) is 3.96. The summed E-state index contributed by atoms with van der Waals surface area (Å²) in [5.41, 5.74) is 4.65. The number of nitrogens with two attached hydrogens (primary N) is 1. The largest absolute Gasteiger partial charge is 0.489 e. The fourth-order valence-corrected chi connectivity index (χ4v) is 8.63. The number of nitrogens with one attached hydrogen (secondary N) is 2. The summed E-state index contributed by atoms with van der Waals surface area (Å²) in [6.45, 7) is 15.3. The zero-order valence-electron chi connectivity index (χ0n) is 41.8. The molecule has 0 radical (unpaired) electrons. The SMILES string of the molecule is Cc1sc(NC(=O)OC(C)(C)C)nc1/C(=N/O[C@@H](COc1ccc(CN=C(N)[C@H]2CCN(C(=O)OC(C)(C)C)C2)cc1)C(=O)OC(c1ccccc1)c1ccccc1)C(=O)N[C@@H]1C(=O)N(OS(=O)(=O)O)C1(C)C. The van der Waals surface area contributed by atoms with Crippen LogP contribution < -0.4 is 21.1 Å². The number of amides is 4. The lowest BCUT2D eigenvalue weighted by molar-refractivity contribution is -0.218. The predicted molar refractivity (Wildman–Crippen MR) is 268 cm³/mol. The molecule has 2 aliphatic heterocycles. The number of carbonyl (C=O) groups excluding carboxylic acids is 5. The van der Waals surface area contributed by atoms with E-state index in [1.807, 2.05) is 12.1 Å². The van der Waals surface area contributed by atoms with Gasteiger partial charge in [0.15, 0.2) is 16.9 Å². The van der Waals surface area contributed by atoms with Gasteiger partial charge in [-0.15, -0.1) is 15.6 Å². The summed E-state index contributed by atoms with van der Waals surface area (Å²) in [6.07, 6.45) is -3.23. The van der Waals surface area contributed by atoms with Crippen molar-refractivity contribution in [3.05, 3.63) is 112 Å². The van der Waals surface area contributed by atoms with Crippen molar-refractivity contribution in [2.75, 3.05) is 25.0 Å². The Hall–Kier alpha value is -7.15. The molecule has 2 fully saturated rings. The highest BCUT2D eigenvalue weighted by atomic mass is 32.3. The van der Waals surface area contributed by atoms with Crippen LogP contribution in [-0.4, -0.2) is 118 Å². The predicted octanol–water partition coefficient (Wildman–Crippen LogP) is 6.25. The van der Waals surface area contributed by atoms with Crippen LogP contribution in [0.2, 0.25) is 0 Å². The van der Waals surface area contributed by atoms with Gasteiger partial charge < -0.3 is 39.7 Å². The van der Waals surface area contributed by atoms with Gasteiger partial charge in [-0.25, -0.2) is 19.4 Å². The molecule has 0 aliphatic carbocycles. The van der Waals surface area contributed by atoms with Crippen molar-refractivity contribution in [2.45, 2.75) is 110 Å². The minimum atomic E-state index is -5.12. The van der Waals surface area contributed by atoms with Gasteiger partial charge in [0.2, 0.25) is 0 Å². The number of rotatable bonds is 18. The van der Waals surface area contributed by atoms with E-state index in [4.69, 9.17) is 29.5 Å². The number of aromatic nitrogens is 1. The van der Waals surface area contributed by atoms with Gasteiger partial charge in [-0.2, -0.15) is 13.5 Å². The van der Waals surface area contributed by atoms with E-state index < -0.39 is 87.7 Å². The summed E-state index contributed by atoms with van der Waals surface area (Å²) in [7, 11) is -5.12.